The molecule has 0 aliphatic heterocycles. The van der Waals surface area contributed by atoms with Crippen molar-refractivity contribution in [2.75, 3.05) is 12.4 Å². The molecule has 0 saturated heterocycles. The number of amides is 1. The van der Waals surface area contributed by atoms with Gasteiger partial charge in [0, 0.05) is 16.1 Å². The summed E-state index contributed by atoms with van der Waals surface area (Å²) in [6, 6.07) is 13.2. The number of rotatable bonds is 4. The Hall–Kier alpha value is -2.60. The lowest BCUT2D eigenvalue weighted by molar-refractivity contribution is -0.111. The molecule has 3 rings (SSSR count). The molecule has 2 N–H and O–H groups in total. The lowest BCUT2D eigenvalue weighted by Crippen LogP contribution is -2.08. The van der Waals surface area contributed by atoms with Gasteiger partial charge in [-0.25, -0.2) is 4.98 Å². The highest BCUT2D eigenvalue weighted by Gasteiger charge is 2.05. The summed E-state index contributed by atoms with van der Waals surface area (Å²) in [6.07, 6.45) is 3.14. The lowest BCUT2D eigenvalue weighted by atomic mass is 10.2. The maximum Gasteiger partial charge on any atom is 0.250 e. The minimum atomic E-state index is -0.272. The number of para-hydroxylation sites is 2. The summed E-state index contributed by atoms with van der Waals surface area (Å²) in [5.41, 5.74) is 2.49. The van der Waals surface area contributed by atoms with Crippen molar-refractivity contribution in [1.29, 1.82) is 0 Å². The highest BCUT2D eigenvalue weighted by molar-refractivity contribution is 9.10. The van der Waals surface area contributed by atoms with E-state index in [0.717, 1.165) is 21.1 Å². The zero-order valence-electron chi connectivity index (χ0n) is 12.3. The summed E-state index contributed by atoms with van der Waals surface area (Å²) in [4.78, 5) is 19.4. The average Bonchev–Trinajstić information content (AvgIpc) is 2.95. The van der Waals surface area contributed by atoms with Crippen molar-refractivity contribution >= 4 is 44.9 Å². The van der Waals surface area contributed by atoms with E-state index in [0.29, 0.717) is 11.7 Å². The Morgan fingerprint density at radius 1 is 1.30 bits per heavy atom. The van der Waals surface area contributed by atoms with Crippen molar-refractivity contribution in [2.45, 2.75) is 0 Å². The van der Waals surface area contributed by atoms with Gasteiger partial charge < -0.3 is 9.72 Å². The molecule has 0 aliphatic carbocycles. The Bertz CT molecular complexity index is 853. The third kappa shape index (κ3) is 3.60. The van der Waals surface area contributed by atoms with Crippen LogP contribution < -0.4 is 10.1 Å². The van der Waals surface area contributed by atoms with Crippen molar-refractivity contribution < 1.29 is 9.53 Å². The second-order valence-corrected chi connectivity index (χ2v) is 5.73. The topological polar surface area (TPSA) is 67.0 Å². The fourth-order valence-electron chi connectivity index (χ4n) is 2.17. The molecule has 0 atom stereocenters. The standard InChI is InChI=1S/C17H14BrN3O2/c1-23-15-8-7-12(18)10-11(15)6-9-16(22)21-17-19-13-4-2-3-5-14(13)20-17/h2-10H,1H3,(H2,19,20,21,22)/b9-6+. The largest absolute Gasteiger partial charge is 0.496 e. The number of carbonyl (C=O) groups is 1. The van der Waals surface area contributed by atoms with Gasteiger partial charge in [-0.3, -0.25) is 10.1 Å². The number of anilines is 1. The van der Waals surface area contributed by atoms with Crippen LogP contribution in [0.2, 0.25) is 0 Å². The van der Waals surface area contributed by atoms with E-state index in [1.54, 1.807) is 13.2 Å². The van der Waals surface area contributed by atoms with Crippen molar-refractivity contribution in [3.63, 3.8) is 0 Å². The number of carbonyl (C=O) groups excluding carboxylic acids is 1. The first-order valence-corrected chi connectivity index (χ1v) is 7.72. The Balaban J connectivity index is 1.75. The van der Waals surface area contributed by atoms with Gasteiger partial charge >= 0.3 is 0 Å². The van der Waals surface area contributed by atoms with Crippen molar-refractivity contribution in [1.82, 2.24) is 9.97 Å². The number of ether oxygens (including phenoxy) is 1. The summed E-state index contributed by atoms with van der Waals surface area (Å²) in [5, 5.41) is 2.71. The number of methoxy groups -OCH3 is 1. The molecule has 1 heterocycles. The van der Waals surface area contributed by atoms with Crippen molar-refractivity contribution in [3.05, 3.63) is 58.6 Å². The number of H-pyrrole nitrogens is 1. The number of nitrogens with zero attached hydrogens (tertiary/aromatic N) is 1. The van der Waals surface area contributed by atoms with Crippen LogP contribution >= 0.6 is 15.9 Å². The van der Waals surface area contributed by atoms with Gasteiger partial charge in [0.15, 0.2) is 0 Å². The molecule has 0 bridgehead atoms. The molecule has 0 unspecified atom stereocenters. The maximum atomic E-state index is 12.0. The summed E-state index contributed by atoms with van der Waals surface area (Å²) in [7, 11) is 1.59. The van der Waals surface area contributed by atoms with Crippen LogP contribution in [-0.4, -0.2) is 23.0 Å². The number of hydrogen-bond donors (Lipinski definition) is 2. The van der Waals surface area contributed by atoms with Crippen LogP contribution in [0.5, 0.6) is 5.75 Å². The highest BCUT2D eigenvalue weighted by Crippen LogP contribution is 2.24. The van der Waals surface area contributed by atoms with Crippen LogP contribution in [0.3, 0.4) is 0 Å². The van der Waals surface area contributed by atoms with E-state index in [2.05, 4.69) is 31.2 Å². The molecule has 5 nitrogen and oxygen atoms in total. The number of fused-ring (bicyclic) bond motifs is 1. The molecule has 0 radical (unpaired) electrons. The predicted molar refractivity (Wildman–Crippen MR) is 94.5 cm³/mol. The molecule has 1 aromatic heterocycles. The number of halogens is 1. The Morgan fingerprint density at radius 2 is 2.13 bits per heavy atom. The zero-order valence-corrected chi connectivity index (χ0v) is 13.9. The van der Waals surface area contributed by atoms with E-state index >= 15 is 0 Å². The number of imidazole rings is 1. The molecule has 0 aliphatic rings. The van der Waals surface area contributed by atoms with Gasteiger partial charge in [0.05, 0.1) is 18.1 Å². The molecule has 6 heteroatoms. The van der Waals surface area contributed by atoms with Gasteiger partial charge in [0.1, 0.15) is 5.75 Å². The van der Waals surface area contributed by atoms with Crippen LogP contribution in [-0.2, 0) is 4.79 Å². The second kappa shape index (κ2) is 6.66. The number of aromatic amines is 1. The summed E-state index contributed by atoms with van der Waals surface area (Å²) < 4.78 is 6.18. The Labute approximate surface area is 141 Å². The van der Waals surface area contributed by atoms with E-state index in [-0.39, 0.29) is 5.91 Å². The van der Waals surface area contributed by atoms with E-state index in [1.165, 1.54) is 6.08 Å². The number of benzene rings is 2. The van der Waals surface area contributed by atoms with Crippen LogP contribution in [0.4, 0.5) is 5.95 Å². The fourth-order valence-corrected chi connectivity index (χ4v) is 2.55. The quantitative estimate of drug-likeness (QED) is 0.681. The van der Waals surface area contributed by atoms with Gasteiger partial charge in [0.25, 0.3) is 5.91 Å². The lowest BCUT2D eigenvalue weighted by Gasteiger charge is -2.04. The monoisotopic (exact) mass is 371 g/mol. The molecule has 116 valence electrons. The summed E-state index contributed by atoms with van der Waals surface area (Å²) >= 11 is 3.40. The van der Waals surface area contributed by atoms with Gasteiger partial charge in [-0.2, -0.15) is 0 Å². The van der Waals surface area contributed by atoms with E-state index < -0.39 is 0 Å². The molecule has 0 fully saturated rings. The third-order valence-electron chi connectivity index (χ3n) is 3.24. The molecular formula is C17H14BrN3O2. The normalized spacial score (nSPS) is 11.0. The van der Waals surface area contributed by atoms with E-state index in [9.17, 15) is 4.79 Å². The van der Waals surface area contributed by atoms with Crippen LogP contribution in [0.15, 0.2) is 53.0 Å². The summed E-state index contributed by atoms with van der Waals surface area (Å²) in [5.74, 6) is 0.842. The molecule has 0 spiro atoms. The number of nitrogens with one attached hydrogen (secondary N) is 2. The van der Waals surface area contributed by atoms with Gasteiger partial charge in [-0.15, -0.1) is 0 Å². The first-order valence-electron chi connectivity index (χ1n) is 6.93. The molecule has 1 amide bonds. The predicted octanol–water partition coefficient (Wildman–Crippen LogP) is 3.99. The molecule has 0 saturated carbocycles. The molecular weight excluding hydrogens is 358 g/mol. The Kier molecular flexibility index (Phi) is 4.43. The molecule has 3 aromatic rings. The smallest absolute Gasteiger partial charge is 0.250 e. The van der Waals surface area contributed by atoms with Gasteiger partial charge in [-0.05, 0) is 36.4 Å². The number of hydrogen-bond acceptors (Lipinski definition) is 3. The summed E-state index contributed by atoms with van der Waals surface area (Å²) in [6.45, 7) is 0. The van der Waals surface area contributed by atoms with Gasteiger partial charge in [0.2, 0.25) is 5.95 Å². The third-order valence-corrected chi connectivity index (χ3v) is 3.73. The van der Waals surface area contributed by atoms with Crippen molar-refractivity contribution in [2.24, 2.45) is 0 Å². The minimum absolute atomic E-state index is 0.272. The second-order valence-electron chi connectivity index (χ2n) is 4.81. The van der Waals surface area contributed by atoms with Crippen LogP contribution in [0.25, 0.3) is 17.1 Å². The van der Waals surface area contributed by atoms with Crippen molar-refractivity contribution in [3.8, 4) is 5.75 Å². The fraction of sp³-hybridized carbons (Fsp3) is 0.0588. The Morgan fingerprint density at radius 3 is 2.91 bits per heavy atom. The molecule has 23 heavy (non-hydrogen) atoms. The average molecular weight is 372 g/mol. The first kappa shape index (κ1) is 15.3. The van der Waals surface area contributed by atoms with Crippen LogP contribution in [0, 0.1) is 0 Å². The maximum absolute atomic E-state index is 12.0. The SMILES string of the molecule is COc1ccc(Br)cc1/C=C/C(=O)Nc1nc2ccccc2[nH]1. The molecule has 2 aromatic carbocycles. The minimum Gasteiger partial charge on any atom is -0.496 e. The first-order chi connectivity index (χ1) is 11.2. The van der Waals surface area contributed by atoms with E-state index in [4.69, 9.17) is 4.74 Å². The van der Waals surface area contributed by atoms with Gasteiger partial charge in [-0.1, -0.05) is 28.1 Å². The van der Waals surface area contributed by atoms with E-state index in [1.807, 2.05) is 42.5 Å². The van der Waals surface area contributed by atoms with Crippen LogP contribution in [0.1, 0.15) is 5.56 Å². The highest BCUT2D eigenvalue weighted by atomic mass is 79.9. The number of aromatic nitrogens is 2. The zero-order chi connectivity index (χ0) is 16.2.